The molecule has 0 bridgehead atoms. The summed E-state index contributed by atoms with van der Waals surface area (Å²) in [5.74, 6) is 2.21. The number of hydrogen-bond donors (Lipinski definition) is 0. The van der Waals surface area contributed by atoms with Crippen molar-refractivity contribution in [2.24, 2.45) is 0 Å². The van der Waals surface area contributed by atoms with Crippen molar-refractivity contribution in [1.82, 2.24) is 9.88 Å². The molecule has 9 heteroatoms. The van der Waals surface area contributed by atoms with Gasteiger partial charge in [-0.1, -0.05) is 39.8 Å². The highest BCUT2D eigenvalue weighted by Gasteiger charge is 2.36. The van der Waals surface area contributed by atoms with E-state index in [1.54, 1.807) is 11.8 Å². The van der Waals surface area contributed by atoms with Crippen LogP contribution in [0.15, 0.2) is 29.3 Å². The van der Waals surface area contributed by atoms with E-state index >= 15 is 0 Å². The molecule has 1 aliphatic rings. The molecule has 1 aliphatic heterocycles. The minimum absolute atomic E-state index is 0.184. The van der Waals surface area contributed by atoms with E-state index in [1.807, 2.05) is 19.1 Å². The largest absolute Gasteiger partial charge is 0.491 e. The van der Waals surface area contributed by atoms with Gasteiger partial charge in [0.05, 0.1) is 17.7 Å². The Hall–Kier alpha value is -2.56. The maximum atomic E-state index is 10.0. The van der Waals surface area contributed by atoms with Gasteiger partial charge in [-0.05, 0) is 67.8 Å². The van der Waals surface area contributed by atoms with Crippen LogP contribution in [0.1, 0.15) is 56.4 Å². The Labute approximate surface area is 240 Å². The fourth-order valence-electron chi connectivity index (χ4n) is 4.28. The fraction of sp³-hybridized carbons (Fsp3) is 0.567. The Morgan fingerprint density at radius 3 is 2.31 bits per heavy atom. The number of rotatable bonds is 10. The van der Waals surface area contributed by atoms with Crippen molar-refractivity contribution in [2.75, 3.05) is 51.3 Å². The van der Waals surface area contributed by atoms with E-state index in [-0.39, 0.29) is 5.04 Å². The lowest BCUT2D eigenvalue weighted by Gasteiger charge is -2.36. The normalized spacial score (nSPS) is 14.9. The molecule has 2 aromatic rings. The summed E-state index contributed by atoms with van der Waals surface area (Å²) in [5.41, 5.74) is 2.99. The average molecular weight is 566 g/mol. The maximum absolute atomic E-state index is 10.0. The fourth-order valence-corrected chi connectivity index (χ4v) is 6.27. The number of nitriles is 2. The van der Waals surface area contributed by atoms with Crippen LogP contribution < -0.4 is 9.64 Å². The van der Waals surface area contributed by atoms with Crippen LogP contribution in [0.2, 0.25) is 18.1 Å². The Morgan fingerprint density at radius 1 is 1.00 bits per heavy atom. The standard InChI is InChI=1S/C30H43N5O2SSi/c1-8-25-26(20-31)28(35-15-9-14-34(5)16-17-35)33-29(27(25)21-32)38-22-23-10-12-24(13-11-23)36-18-19-37-39(6,7)30(2,3)4/h10-13H,8-9,14-19,22H2,1-7H3. The first kappa shape index (κ1) is 31.0. The molecule has 0 amide bonds. The van der Waals surface area contributed by atoms with Crippen molar-refractivity contribution in [2.45, 2.75) is 69.4 Å². The van der Waals surface area contributed by atoms with Crippen molar-refractivity contribution in [3.63, 3.8) is 0 Å². The van der Waals surface area contributed by atoms with Crippen molar-refractivity contribution < 1.29 is 9.16 Å². The minimum atomic E-state index is -1.77. The van der Waals surface area contributed by atoms with Gasteiger partial charge in [-0.25, -0.2) is 4.98 Å². The summed E-state index contributed by atoms with van der Waals surface area (Å²) in [6, 6.07) is 12.8. The van der Waals surface area contributed by atoms with Crippen LogP contribution >= 0.6 is 11.8 Å². The maximum Gasteiger partial charge on any atom is 0.192 e. The summed E-state index contributed by atoms with van der Waals surface area (Å²) < 4.78 is 12.1. The molecule has 39 heavy (non-hydrogen) atoms. The smallest absolute Gasteiger partial charge is 0.192 e. The summed E-state index contributed by atoms with van der Waals surface area (Å²) >= 11 is 1.55. The lowest BCUT2D eigenvalue weighted by Crippen LogP contribution is -2.41. The zero-order valence-corrected chi connectivity index (χ0v) is 26.5. The van der Waals surface area contributed by atoms with Crippen LogP contribution in [0.25, 0.3) is 0 Å². The second-order valence-corrected chi connectivity index (χ2v) is 17.4. The minimum Gasteiger partial charge on any atom is -0.491 e. The van der Waals surface area contributed by atoms with E-state index in [1.165, 1.54) is 0 Å². The molecular formula is C30H43N5O2SSi. The van der Waals surface area contributed by atoms with Crippen LogP contribution in [-0.2, 0) is 16.6 Å². The summed E-state index contributed by atoms with van der Waals surface area (Å²) in [4.78, 5) is 9.44. The molecule has 0 N–H and O–H groups in total. The number of nitrogens with zero attached hydrogens (tertiary/aromatic N) is 5. The van der Waals surface area contributed by atoms with Crippen molar-refractivity contribution >= 4 is 25.9 Å². The Balaban J connectivity index is 1.69. The number of aromatic nitrogens is 1. The molecule has 0 atom stereocenters. The number of benzene rings is 1. The quantitative estimate of drug-likeness (QED) is 0.191. The Bertz CT molecular complexity index is 1200. The molecule has 210 valence electrons. The predicted octanol–water partition coefficient (Wildman–Crippen LogP) is 6.22. The molecule has 7 nitrogen and oxygen atoms in total. The molecule has 0 aliphatic carbocycles. The molecule has 1 fully saturated rings. The number of pyridine rings is 1. The summed E-state index contributed by atoms with van der Waals surface area (Å²) in [5, 5.41) is 20.9. The van der Waals surface area contributed by atoms with Gasteiger partial charge in [0.1, 0.15) is 35.3 Å². The van der Waals surface area contributed by atoms with Gasteiger partial charge in [0.2, 0.25) is 0 Å². The van der Waals surface area contributed by atoms with Crippen molar-refractivity contribution in [3.05, 3.63) is 46.5 Å². The van der Waals surface area contributed by atoms with Crippen LogP contribution in [0.3, 0.4) is 0 Å². The number of ether oxygens (including phenoxy) is 1. The van der Waals surface area contributed by atoms with Gasteiger partial charge >= 0.3 is 0 Å². The highest BCUT2D eigenvalue weighted by molar-refractivity contribution is 7.98. The number of anilines is 1. The van der Waals surface area contributed by atoms with Crippen LogP contribution in [0, 0.1) is 22.7 Å². The third-order valence-corrected chi connectivity index (χ3v) is 13.3. The van der Waals surface area contributed by atoms with Crippen LogP contribution in [-0.4, -0.2) is 64.6 Å². The highest BCUT2D eigenvalue weighted by atomic mass is 32.2. The number of thioether (sulfide) groups is 1. The third-order valence-electron chi connectivity index (χ3n) is 7.76. The van der Waals surface area contributed by atoms with Crippen LogP contribution in [0.4, 0.5) is 5.82 Å². The van der Waals surface area contributed by atoms with Gasteiger partial charge in [-0.2, -0.15) is 10.5 Å². The third kappa shape index (κ3) is 7.99. The van der Waals surface area contributed by atoms with Crippen LogP contribution in [0.5, 0.6) is 5.75 Å². The van der Waals surface area contributed by atoms with E-state index < -0.39 is 8.32 Å². The van der Waals surface area contributed by atoms with Gasteiger partial charge in [-0.15, -0.1) is 11.8 Å². The first-order valence-electron chi connectivity index (χ1n) is 13.8. The zero-order valence-electron chi connectivity index (χ0n) is 24.6. The van der Waals surface area contributed by atoms with Gasteiger partial charge in [-0.3, -0.25) is 0 Å². The molecule has 0 saturated carbocycles. The van der Waals surface area contributed by atoms with Gasteiger partial charge in [0.15, 0.2) is 8.32 Å². The SMILES string of the molecule is CCc1c(C#N)c(SCc2ccc(OCCO[Si](C)(C)C(C)(C)C)cc2)nc(N2CCCN(C)CC2)c1C#N. The summed E-state index contributed by atoms with van der Waals surface area (Å²) in [6.07, 6.45) is 1.64. The Kier molecular flexibility index (Phi) is 10.9. The first-order chi connectivity index (χ1) is 18.5. The van der Waals surface area contributed by atoms with E-state index in [2.05, 4.69) is 75.0 Å². The molecule has 0 spiro atoms. The molecule has 1 saturated heterocycles. The molecular weight excluding hydrogens is 523 g/mol. The van der Waals surface area contributed by atoms with Gasteiger partial charge in [0, 0.05) is 25.4 Å². The number of hydrogen-bond acceptors (Lipinski definition) is 8. The summed E-state index contributed by atoms with van der Waals surface area (Å²) in [7, 11) is 0.353. The van der Waals surface area contributed by atoms with E-state index in [0.717, 1.165) is 55.3 Å². The number of likely N-dealkylation sites (N-methyl/N-ethyl adjacent to an activating group) is 1. The second-order valence-electron chi connectivity index (χ2n) is 11.6. The molecule has 1 aromatic heterocycles. The molecule has 1 aromatic carbocycles. The monoisotopic (exact) mass is 565 g/mol. The highest BCUT2D eigenvalue weighted by Crippen LogP contribution is 2.36. The van der Waals surface area contributed by atoms with E-state index in [0.29, 0.717) is 41.5 Å². The van der Waals surface area contributed by atoms with Gasteiger partial charge in [0.25, 0.3) is 0 Å². The Morgan fingerprint density at radius 2 is 1.69 bits per heavy atom. The molecule has 0 radical (unpaired) electrons. The molecule has 3 rings (SSSR count). The average Bonchev–Trinajstić information content (AvgIpc) is 3.13. The molecule has 2 heterocycles. The summed E-state index contributed by atoms with van der Waals surface area (Å²) in [6.45, 7) is 17.9. The first-order valence-corrected chi connectivity index (χ1v) is 17.7. The predicted molar refractivity (Wildman–Crippen MR) is 162 cm³/mol. The zero-order chi connectivity index (χ0) is 28.6. The van der Waals surface area contributed by atoms with Gasteiger partial charge < -0.3 is 19.0 Å². The lowest BCUT2D eigenvalue weighted by atomic mass is 10.0. The lowest BCUT2D eigenvalue weighted by molar-refractivity contribution is 0.203. The second kappa shape index (κ2) is 13.7. The molecule has 0 unspecified atom stereocenters. The van der Waals surface area contributed by atoms with Crippen molar-refractivity contribution in [1.29, 1.82) is 10.5 Å². The topological polar surface area (TPSA) is 85.4 Å². The van der Waals surface area contributed by atoms with Crippen molar-refractivity contribution in [3.8, 4) is 17.9 Å². The van der Waals surface area contributed by atoms with E-state index in [9.17, 15) is 10.5 Å². The van der Waals surface area contributed by atoms with E-state index in [4.69, 9.17) is 14.1 Å².